The van der Waals surface area contributed by atoms with Crippen LogP contribution in [0.4, 0.5) is 5.95 Å². The van der Waals surface area contributed by atoms with Gasteiger partial charge < -0.3 is 10.6 Å². The van der Waals surface area contributed by atoms with Crippen molar-refractivity contribution in [3.63, 3.8) is 0 Å². The molecule has 1 unspecified atom stereocenters. The van der Waals surface area contributed by atoms with Gasteiger partial charge in [0.25, 0.3) is 0 Å². The standard InChI is InChI=1S/C15H18N6/c16-8-11-3-1-5-13(7-11)14-18-15(20-19-14)21-6-2-4-12(9-17)10-21/h1,3,5,7,12H,2,4,6,9-10,17H2,(H,18,19,20). The van der Waals surface area contributed by atoms with E-state index >= 15 is 0 Å². The van der Waals surface area contributed by atoms with Crippen LogP contribution in [0.5, 0.6) is 0 Å². The number of anilines is 1. The number of nitriles is 1. The average Bonchev–Trinajstić information content (AvgIpc) is 3.05. The van der Waals surface area contributed by atoms with E-state index in [1.165, 1.54) is 6.42 Å². The third-order valence-corrected chi connectivity index (χ3v) is 3.87. The van der Waals surface area contributed by atoms with E-state index < -0.39 is 0 Å². The molecule has 3 N–H and O–H groups in total. The topological polar surface area (TPSA) is 94.6 Å². The lowest BCUT2D eigenvalue weighted by Gasteiger charge is -2.31. The van der Waals surface area contributed by atoms with Crippen LogP contribution in [-0.4, -0.2) is 34.8 Å². The molecule has 0 aliphatic carbocycles. The van der Waals surface area contributed by atoms with Crippen molar-refractivity contribution in [2.24, 2.45) is 11.7 Å². The molecule has 1 aromatic heterocycles. The van der Waals surface area contributed by atoms with Crippen molar-refractivity contribution in [1.29, 1.82) is 5.26 Å². The van der Waals surface area contributed by atoms with Gasteiger partial charge in [-0.25, -0.2) is 0 Å². The number of piperidine rings is 1. The number of nitrogens with two attached hydrogens (primary N) is 1. The second-order valence-corrected chi connectivity index (χ2v) is 5.37. The Balaban J connectivity index is 1.81. The lowest BCUT2D eigenvalue weighted by molar-refractivity contribution is 0.420. The summed E-state index contributed by atoms with van der Waals surface area (Å²) >= 11 is 0. The molecule has 108 valence electrons. The number of aromatic amines is 1. The van der Waals surface area contributed by atoms with Crippen molar-refractivity contribution in [3.8, 4) is 17.5 Å². The summed E-state index contributed by atoms with van der Waals surface area (Å²) in [6.07, 6.45) is 2.30. The molecular weight excluding hydrogens is 264 g/mol. The summed E-state index contributed by atoms with van der Waals surface area (Å²) in [5.74, 6) is 1.92. The fourth-order valence-electron chi connectivity index (χ4n) is 2.70. The molecule has 2 aromatic rings. The first-order chi connectivity index (χ1) is 10.3. The summed E-state index contributed by atoms with van der Waals surface area (Å²) < 4.78 is 0. The predicted molar refractivity (Wildman–Crippen MR) is 80.5 cm³/mol. The Morgan fingerprint density at radius 2 is 2.38 bits per heavy atom. The van der Waals surface area contributed by atoms with E-state index in [1.54, 1.807) is 6.07 Å². The molecule has 3 rings (SSSR count). The van der Waals surface area contributed by atoms with Gasteiger partial charge in [-0.1, -0.05) is 12.1 Å². The highest BCUT2D eigenvalue weighted by Gasteiger charge is 2.21. The maximum Gasteiger partial charge on any atom is 0.245 e. The fraction of sp³-hybridized carbons (Fsp3) is 0.400. The number of benzene rings is 1. The monoisotopic (exact) mass is 282 g/mol. The molecule has 1 aliphatic heterocycles. The summed E-state index contributed by atoms with van der Waals surface area (Å²) in [7, 11) is 0. The summed E-state index contributed by atoms with van der Waals surface area (Å²) in [6.45, 7) is 2.58. The Morgan fingerprint density at radius 3 is 3.19 bits per heavy atom. The van der Waals surface area contributed by atoms with Gasteiger partial charge in [-0.3, -0.25) is 5.10 Å². The third kappa shape index (κ3) is 2.88. The average molecular weight is 282 g/mol. The molecule has 0 amide bonds. The first-order valence-electron chi connectivity index (χ1n) is 7.18. The number of rotatable bonds is 3. The second kappa shape index (κ2) is 5.94. The van der Waals surface area contributed by atoms with E-state index in [0.717, 1.165) is 25.1 Å². The van der Waals surface area contributed by atoms with E-state index in [9.17, 15) is 0 Å². The molecule has 1 aliphatic rings. The van der Waals surface area contributed by atoms with Gasteiger partial charge in [0.15, 0.2) is 5.82 Å². The summed E-state index contributed by atoms with van der Waals surface area (Å²) in [6, 6.07) is 9.49. The molecule has 0 bridgehead atoms. The van der Waals surface area contributed by atoms with Crippen molar-refractivity contribution in [3.05, 3.63) is 29.8 Å². The molecule has 1 aromatic carbocycles. The number of aromatic nitrogens is 3. The molecule has 1 saturated heterocycles. The van der Waals surface area contributed by atoms with Crippen LogP contribution in [0, 0.1) is 17.2 Å². The Hall–Kier alpha value is -2.39. The first-order valence-corrected chi connectivity index (χ1v) is 7.18. The Labute approximate surface area is 123 Å². The molecule has 0 spiro atoms. The van der Waals surface area contributed by atoms with Gasteiger partial charge in [-0.2, -0.15) is 10.2 Å². The number of hydrogen-bond donors (Lipinski definition) is 2. The van der Waals surface area contributed by atoms with Crippen LogP contribution in [0.3, 0.4) is 0 Å². The maximum atomic E-state index is 8.96. The van der Waals surface area contributed by atoms with E-state index in [0.29, 0.717) is 29.8 Å². The van der Waals surface area contributed by atoms with E-state index in [1.807, 2.05) is 18.2 Å². The second-order valence-electron chi connectivity index (χ2n) is 5.37. The lowest BCUT2D eigenvalue weighted by atomic mass is 9.99. The van der Waals surface area contributed by atoms with Gasteiger partial charge in [0, 0.05) is 18.7 Å². The smallest absolute Gasteiger partial charge is 0.245 e. The summed E-state index contributed by atoms with van der Waals surface area (Å²) in [5, 5.41) is 16.2. The van der Waals surface area contributed by atoms with Gasteiger partial charge in [-0.15, -0.1) is 5.10 Å². The number of nitrogens with zero attached hydrogens (tertiary/aromatic N) is 4. The molecule has 2 heterocycles. The molecule has 1 fully saturated rings. The van der Waals surface area contributed by atoms with Gasteiger partial charge in [-0.05, 0) is 37.4 Å². The van der Waals surface area contributed by atoms with E-state index in [4.69, 9.17) is 11.0 Å². The third-order valence-electron chi connectivity index (χ3n) is 3.87. The van der Waals surface area contributed by atoms with Gasteiger partial charge in [0.05, 0.1) is 11.6 Å². The van der Waals surface area contributed by atoms with Crippen LogP contribution < -0.4 is 10.6 Å². The van der Waals surface area contributed by atoms with Crippen LogP contribution in [0.2, 0.25) is 0 Å². The van der Waals surface area contributed by atoms with Crippen molar-refractivity contribution in [1.82, 2.24) is 15.2 Å². The van der Waals surface area contributed by atoms with Crippen LogP contribution in [0.1, 0.15) is 18.4 Å². The minimum Gasteiger partial charge on any atom is -0.339 e. The zero-order valence-electron chi connectivity index (χ0n) is 11.8. The molecule has 0 saturated carbocycles. The lowest BCUT2D eigenvalue weighted by Crippen LogP contribution is -2.38. The molecule has 21 heavy (non-hydrogen) atoms. The van der Waals surface area contributed by atoms with Crippen molar-refractivity contribution in [2.45, 2.75) is 12.8 Å². The largest absolute Gasteiger partial charge is 0.339 e. The van der Waals surface area contributed by atoms with Crippen molar-refractivity contribution < 1.29 is 0 Å². The van der Waals surface area contributed by atoms with Gasteiger partial charge >= 0.3 is 0 Å². The maximum absolute atomic E-state index is 8.96. The Bertz CT molecular complexity index is 656. The minimum absolute atomic E-state index is 0.516. The quantitative estimate of drug-likeness (QED) is 0.890. The zero-order valence-corrected chi connectivity index (χ0v) is 11.8. The highest BCUT2D eigenvalue weighted by molar-refractivity contribution is 5.59. The zero-order chi connectivity index (χ0) is 14.7. The number of hydrogen-bond acceptors (Lipinski definition) is 5. The molecule has 0 radical (unpaired) electrons. The first kappa shape index (κ1) is 13.6. The van der Waals surface area contributed by atoms with Crippen LogP contribution in [-0.2, 0) is 0 Å². The molecule has 6 heteroatoms. The van der Waals surface area contributed by atoms with Gasteiger partial charge in [0.1, 0.15) is 0 Å². The van der Waals surface area contributed by atoms with Crippen LogP contribution in [0.25, 0.3) is 11.4 Å². The molecular formula is C15H18N6. The SMILES string of the molecule is N#Cc1cccc(-c2nc(N3CCCC(CN)C3)n[nH]2)c1. The van der Waals surface area contributed by atoms with Crippen LogP contribution in [0.15, 0.2) is 24.3 Å². The minimum atomic E-state index is 0.516. The van der Waals surface area contributed by atoms with Gasteiger partial charge in [0.2, 0.25) is 5.95 Å². The molecule has 6 nitrogen and oxygen atoms in total. The van der Waals surface area contributed by atoms with E-state index in [-0.39, 0.29) is 0 Å². The Morgan fingerprint density at radius 1 is 1.48 bits per heavy atom. The molecule has 1 atom stereocenters. The number of nitrogens with one attached hydrogen (secondary N) is 1. The highest BCUT2D eigenvalue weighted by Crippen LogP contribution is 2.22. The van der Waals surface area contributed by atoms with E-state index in [2.05, 4.69) is 26.2 Å². The predicted octanol–water partition coefficient (Wildman–Crippen LogP) is 1.52. The number of H-pyrrole nitrogens is 1. The normalized spacial score (nSPS) is 18.5. The van der Waals surface area contributed by atoms with Crippen LogP contribution >= 0.6 is 0 Å². The fourth-order valence-corrected chi connectivity index (χ4v) is 2.70. The van der Waals surface area contributed by atoms with Crippen molar-refractivity contribution in [2.75, 3.05) is 24.5 Å². The van der Waals surface area contributed by atoms with Crippen molar-refractivity contribution >= 4 is 5.95 Å². The summed E-state index contributed by atoms with van der Waals surface area (Å²) in [4.78, 5) is 6.73. The Kier molecular flexibility index (Phi) is 3.84. The highest BCUT2D eigenvalue weighted by atomic mass is 15.4. The summed E-state index contributed by atoms with van der Waals surface area (Å²) in [5.41, 5.74) is 7.26.